The summed E-state index contributed by atoms with van der Waals surface area (Å²) in [6, 6.07) is 0. The van der Waals surface area contributed by atoms with Crippen LogP contribution in [0.3, 0.4) is 0 Å². The Bertz CT molecular complexity index is 322. The first-order valence-electron chi connectivity index (χ1n) is 3.16. The maximum absolute atomic E-state index is 7.52. The van der Waals surface area contributed by atoms with Crippen molar-refractivity contribution in [3.63, 3.8) is 0 Å². The van der Waals surface area contributed by atoms with Crippen LogP contribution in [0.4, 0.5) is 0 Å². The van der Waals surface area contributed by atoms with Gasteiger partial charge in [-0.1, -0.05) is 0 Å². The molecule has 7 nitrogen and oxygen atoms in total. The molecule has 0 saturated heterocycles. The minimum atomic E-state index is 0.0880. The van der Waals surface area contributed by atoms with Crippen molar-refractivity contribution in [2.45, 2.75) is 0 Å². The zero-order valence-electron chi connectivity index (χ0n) is 5.99. The van der Waals surface area contributed by atoms with Crippen LogP contribution in [-0.4, -0.2) is 35.5 Å². The number of rotatable bonds is 0. The standard InChI is InChI=1S/C5H5N7/c6-5(11-3-7-1-9-11)12-4-8-2-10-12/h1-4,6H. The zero-order valence-corrected chi connectivity index (χ0v) is 5.99. The molecule has 7 heteroatoms. The van der Waals surface area contributed by atoms with Crippen molar-refractivity contribution in [1.29, 1.82) is 5.41 Å². The van der Waals surface area contributed by atoms with Crippen molar-refractivity contribution < 1.29 is 0 Å². The molecule has 2 rings (SSSR count). The van der Waals surface area contributed by atoms with E-state index in [0.717, 1.165) is 0 Å². The Morgan fingerprint density at radius 1 is 1.00 bits per heavy atom. The minimum absolute atomic E-state index is 0.0880. The lowest BCUT2D eigenvalue weighted by Crippen LogP contribution is -2.21. The molecule has 0 radical (unpaired) electrons. The van der Waals surface area contributed by atoms with Gasteiger partial charge in [-0.25, -0.2) is 9.97 Å². The average molecular weight is 163 g/mol. The van der Waals surface area contributed by atoms with E-state index in [0.29, 0.717) is 0 Å². The molecule has 0 aliphatic heterocycles. The summed E-state index contributed by atoms with van der Waals surface area (Å²) in [4.78, 5) is 7.41. The van der Waals surface area contributed by atoms with Crippen LogP contribution in [0.2, 0.25) is 0 Å². The lowest BCUT2D eigenvalue weighted by atomic mass is 10.9. The summed E-state index contributed by atoms with van der Waals surface area (Å²) < 4.78 is 2.57. The monoisotopic (exact) mass is 163 g/mol. The molecule has 0 bridgehead atoms. The molecule has 1 N–H and O–H groups in total. The van der Waals surface area contributed by atoms with Gasteiger partial charge in [-0.05, 0) is 0 Å². The highest BCUT2D eigenvalue weighted by molar-refractivity contribution is 5.79. The third-order valence-corrected chi connectivity index (χ3v) is 1.27. The summed E-state index contributed by atoms with van der Waals surface area (Å²) in [5, 5.41) is 15.1. The topological polar surface area (TPSA) is 85.3 Å². The van der Waals surface area contributed by atoms with Gasteiger partial charge in [-0.3, -0.25) is 5.41 Å². The lowest BCUT2D eigenvalue weighted by Gasteiger charge is -1.99. The van der Waals surface area contributed by atoms with Crippen molar-refractivity contribution in [2.24, 2.45) is 0 Å². The average Bonchev–Trinajstić information content (AvgIpc) is 2.77. The molecule has 0 aliphatic carbocycles. The van der Waals surface area contributed by atoms with Gasteiger partial charge in [-0.15, -0.1) is 0 Å². The number of hydrogen-bond donors (Lipinski definition) is 1. The van der Waals surface area contributed by atoms with Crippen molar-refractivity contribution in [2.75, 3.05) is 0 Å². The van der Waals surface area contributed by atoms with E-state index in [1.54, 1.807) is 0 Å². The molecule has 0 aliphatic rings. The quantitative estimate of drug-likeness (QED) is 0.407. The van der Waals surface area contributed by atoms with Gasteiger partial charge in [0.2, 0.25) is 5.96 Å². The van der Waals surface area contributed by atoms with E-state index >= 15 is 0 Å². The van der Waals surface area contributed by atoms with E-state index in [1.165, 1.54) is 34.7 Å². The molecule has 2 heterocycles. The molecule has 0 fully saturated rings. The molecule has 0 amide bonds. The Kier molecular flexibility index (Phi) is 1.40. The van der Waals surface area contributed by atoms with Gasteiger partial charge in [0.05, 0.1) is 0 Å². The second kappa shape index (κ2) is 2.53. The first kappa shape index (κ1) is 6.65. The Morgan fingerprint density at radius 2 is 1.50 bits per heavy atom. The molecular formula is C5H5N7. The van der Waals surface area contributed by atoms with Crippen LogP contribution in [0.1, 0.15) is 0 Å². The molecular weight excluding hydrogens is 158 g/mol. The number of nitrogens with one attached hydrogen (secondary N) is 1. The van der Waals surface area contributed by atoms with Gasteiger partial charge in [-0.2, -0.15) is 19.6 Å². The first-order valence-corrected chi connectivity index (χ1v) is 3.16. The largest absolute Gasteiger partial charge is 0.265 e. The van der Waals surface area contributed by atoms with Gasteiger partial charge in [0.15, 0.2) is 0 Å². The van der Waals surface area contributed by atoms with Crippen LogP contribution < -0.4 is 0 Å². The third kappa shape index (κ3) is 0.965. The molecule has 0 unspecified atom stereocenters. The summed E-state index contributed by atoms with van der Waals surface area (Å²) in [5.41, 5.74) is 0. The fourth-order valence-electron chi connectivity index (χ4n) is 0.740. The fourth-order valence-corrected chi connectivity index (χ4v) is 0.740. The molecule has 2 aromatic rings. The molecule has 0 saturated carbocycles. The van der Waals surface area contributed by atoms with Crippen LogP contribution in [-0.2, 0) is 0 Å². The van der Waals surface area contributed by atoms with Crippen LogP contribution >= 0.6 is 0 Å². The number of nitrogens with zero attached hydrogens (tertiary/aromatic N) is 6. The highest BCUT2D eigenvalue weighted by atomic mass is 15.5. The zero-order chi connectivity index (χ0) is 8.39. The predicted molar refractivity (Wildman–Crippen MR) is 38.6 cm³/mol. The fraction of sp³-hybridized carbons (Fsp3) is 0. The van der Waals surface area contributed by atoms with Gasteiger partial charge in [0.25, 0.3) is 0 Å². The molecule has 2 aromatic heterocycles. The van der Waals surface area contributed by atoms with Crippen molar-refractivity contribution >= 4 is 5.96 Å². The Morgan fingerprint density at radius 3 is 1.83 bits per heavy atom. The van der Waals surface area contributed by atoms with Crippen molar-refractivity contribution in [3.05, 3.63) is 25.3 Å². The molecule has 0 atom stereocenters. The van der Waals surface area contributed by atoms with Crippen LogP contribution in [0, 0.1) is 5.41 Å². The summed E-state index contributed by atoms with van der Waals surface area (Å²) in [6.45, 7) is 0. The predicted octanol–water partition coefficient (Wildman–Crippen LogP) is -0.799. The number of hydrogen-bond acceptors (Lipinski definition) is 5. The van der Waals surface area contributed by atoms with E-state index in [-0.39, 0.29) is 5.96 Å². The number of aromatic nitrogens is 6. The van der Waals surface area contributed by atoms with E-state index in [1.807, 2.05) is 0 Å². The van der Waals surface area contributed by atoms with Crippen molar-refractivity contribution in [1.82, 2.24) is 29.5 Å². The van der Waals surface area contributed by atoms with E-state index in [2.05, 4.69) is 20.2 Å². The minimum Gasteiger partial charge on any atom is -0.265 e. The van der Waals surface area contributed by atoms with E-state index < -0.39 is 0 Å². The third-order valence-electron chi connectivity index (χ3n) is 1.27. The summed E-state index contributed by atoms with van der Waals surface area (Å²) in [7, 11) is 0. The Hall–Kier alpha value is -2.05. The van der Waals surface area contributed by atoms with Gasteiger partial charge in [0, 0.05) is 0 Å². The van der Waals surface area contributed by atoms with Gasteiger partial charge >= 0.3 is 0 Å². The molecule has 12 heavy (non-hydrogen) atoms. The highest BCUT2D eigenvalue weighted by Crippen LogP contribution is 1.83. The van der Waals surface area contributed by atoms with Crippen LogP contribution in [0.15, 0.2) is 25.3 Å². The summed E-state index contributed by atoms with van der Waals surface area (Å²) in [5.74, 6) is 0.0880. The molecule has 0 aromatic carbocycles. The van der Waals surface area contributed by atoms with Gasteiger partial charge < -0.3 is 0 Å². The van der Waals surface area contributed by atoms with Crippen molar-refractivity contribution in [3.8, 4) is 0 Å². The normalized spacial score (nSPS) is 10.0. The maximum Gasteiger partial charge on any atom is 0.247 e. The second-order valence-corrected chi connectivity index (χ2v) is 2.00. The van der Waals surface area contributed by atoms with Gasteiger partial charge in [0.1, 0.15) is 25.3 Å². The maximum atomic E-state index is 7.52. The Balaban J connectivity index is 2.34. The van der Waals surface area contributed by atoms with Crippen LogP contribution in [0.25, 0.3) is 0 Å². The molecule has 0 spiro atoms. The van der Waals surface area contributed by atoms with Crippen LogP contribution in [0.5, 0.6) is 0 Å². The second-order valence-electron chi connectivity index (χ2n) is 2.00. The summed E-state index contributed by atoms with van der Waals surface area (Å²) >= 11 is 0. The molecule has 60 valence electrons. The Labute approximate surface area is 67.2 Å². The van der Waals surface area contributed by atoms with E-state index in [9.17, 15) is 0 Å². The highest BCUT2D eigenvalue weighted by Gasteiger charge is 2.02. The summed E-state index contributed by atoms with van der Waals surface area (Å²) in [6.07, 6.45) is 5.55. The lowest BCUT2D eigenvalue weighted by molar-refractivity contribution is 0.804. The van der Waals surface area contributed by atoms with E-state index in [4.69, 9.17) is 5.41 Å². The smallest absolute Gasteiger partial charge is 0.247 e. The SMILES string of the molecule is N=C(n1cncn1)n1cncn1. The first-order chi connectivity index (χ1) is 5.88.